The highest BCUT2D eigenvalue weighted by atomic mass is 32.2. The number of benzene rings is 7. The molecule has 0 atom stereocenters. The third kappa shape index (κ3) is 7.38. The third-order valence-electron chi connectivity index (χ3n) is 14.3. The van der Waals surface area contributed by atoms with E-state index < -0.39 is 0 Å². The molecule has 340 valence electrons. The molecule has 4 heterocycles. The second kappa shape index (κ2) is 15.7. The van der Waals surface area contributed by atoms with Gasteiger partial charge in [0, 0.05) is 65.7 Å². The van der Waals surface area contributed by atoms with E-state index in [-0.39, 0.29) is 28.4 Å². The molecule has 0 amide bonds. The number of nitrogens with zero attached hydrogens (tertiary/aromatic N) is 3. The van der Waals surface area contributed by atoms with Crippen LogP contribution in [0.3, 0.4) is 0 Å². The molecule has 11 rings (SSSR count). The van der Waals surface area contributed by atoms with Crippen LogP contribution >= 0.6 is 22.7 Å². The Morgan fingerprint density at radius 2 is 0.926 bits per heavy atom. The summed E-state index contributed by atoms with van der Waals surface area (Å²) in [6, 6.07) is 60.1. The molecule has 2 aliphatic rings. The van der Waals surface area contributed by atoms with Gasteiger partial charge in [-0.15, -0.1) is 22.7 Å². The topological polar surface area (TPSA) is 9.72 Å². The Hall–Kier alpha value is -6.08. The van der Waals surface area contributed by atoms with Crippen molar-refractivity contribution in [3.63, 3.8) is 0 Å². The van der Waals surface area contributed by atoms with E-state index in [2.05, 4.69) is 256 Å². The Bertz CT molecular complexity index is 3330. The lowest BCUT2D eigenvalue weighted by Crippen LogP contribution is -2.60. The predicted octanol–water partition coefficient (Wildman–Crippen LogP) is 16.9. The van der Waals surface area contributed by atoms with E-state index in [0.29, 0.717) is 0 Å². The molecular weight excluding hydrogens is 862 g/mol. The van der Waals surface area contributed by atoms with Crippen LogP contribution in [0, 0.1) is 0 Å². The van der Waals surface area contributed by atoms with Gasteiger partial charge >= 0.3 is 0 Å². The first-order valence-corrected chi connectivity index (χ1v) is 25.9. The summed E-state index contributed by atoms with van der Waals surface area (Å²) in [5.41, 5.74) is 18.7. The number of thiophene rings is 2. The smallest absolute Gasteiger partial charge is 0.264 e. The summed E-state index contributed by atoms with van der Waals surface area (Å²) >= 11 is 3.97. The van der Waals surface area contributed by atoms with Crippen LogP contribution in [0.5, 0.6) is 0 Å². The van der Waals surface area contributed by atoms with Crippen molar-refractivity contribution in [1.29, 1.82) is 0 Å². The first-order valence-electron chi connectivity index (χ1n) is 24.3. The van der Waals surface area contributed by atoms with Crippen LogP contribution < -0.4 is 30.4 Å². The second-order valence-corrected chi connectivity index (χ2v) is 25.5. The fraction of sp³-hybridized carbons (Fsp3) is 0.258. The maximum absolute atomic E-state index is 2.66. The molecule has 7 aromatic carbocycles. The van der Waals surface area contributed by atoms with Crippen molar-refractivity contribution >= 4 is 116 Å². The summed E-state index contributed by atoms with van der Waals surface area (Å²) in [6.07, 6.45) is 0. The lowest BCUT2D eigenvalue weighted by atomic mass is 9.36. The molecular formula is C62H62BN3S2. The lowest BCUT2D eigenvalue weighted by Gasteiger charge is -2.44. The number of hydrogen-bond acceptors (Lipinski definition) is 5. The van der Waals surface area contributed by atoms with E-state index in [9.17, 15) is 0 Å². The van der Waals surface area contributed by atoms with Crippen molar-refractivity contribution in [3.05, 3.63) is 180 Å². The molecule has 2 aliphatic heterocycles. The quantitative estimate of drug-likeness (QED) is 0.159. The largest absolute Gasteiger partial charge is 0.311 e. The van der Waals surface area contributed by atoms with Crippen LogP contribution in [0.4, 0.5) is 51.2 Å². The summed E-state index contributed by atoms with van der Waals surface area (Å²) in [4.78, 5) is 7.66. The zero-order valence-electron chi connectivity index (χ0n) is 41.7. The highest BCUT2D eigenvalue weighted by molar-refractivity contribution is 7.47. The molecule has 0 spiro atoms. The first kappa shape index (κ1) is 44.4. The SMILES string of the molecule is CC(C)(C)c1ccc(N2c3cc(N(c4ccccc4)c4ccccc4)ccc3B3c4sc5sc6ccc(C(C)(C)C)cc6c5c4N(c4ccc(C(C)(C)C)cc4)c4cc(C(C)(C)C)cc2c43)cc1. The van der Waals surface area contributed by atoms with Crippen LogP contribution in [0.15, 0.2) is 158 Å². The summed E-state index contributed by atoms with van der Waals surface area (Å²) in [5, 5.41) is 2.73. The van der Waals surface area contributed by atoms with Gasteiger partial charge in [0.2, 0.25) is 0 Å². The zero-order chi connectivity index (χ0) is 47.7. The van der Waals surface area contributed by atoms with Crippen LogP contribution in [-0.2, 0) is 21.7 Å². The molecule has 68 heavy (non-hydrogen) atoms. The van der Waals surface area contributed by atoms with Gasteiger partial charge in [-0.05, 0) is 140 Å². The Morgan fingerprint density at radius 1 is 0.426 bits per heavy atom. The van der Waals surface area contributed by atoms with Crippen molar-refractivity contribution in [1.82, 2.24) is 0 Å². The Balaban J connectivity index is 1.26. The maximum Gasteiger partial charge on any atom is 0.264 e. The maximum atomic E-state index is 2.66. The molecule has 0 radical (unpaired) electrons. The van der Waals surface area contributed by atoms with E-state index >= 15 is 0 Å². The minimum Gasteiger partial charge on any atom is -0.311 e. The molecule has 0 bridgehead atoms. The highest BCUT2D eigenvalue weighted by Crippen LogP contribution is 2.53. The average Bonchev–Trinajstić information content (AvgIpc) is 3.85. The summed E-state index contributed by atoms with van der Waals surface area (Å²) in [5.74, 6) is 0. The number of hydrogen-bond donors (Lipinski definition) is 0. The van der Waals surface area contributed by atoms with Gasteiger partial charge in [0.05, 0.1) is 9.70 Å². The molecule has 0 fully saturated rings. The molecule has 0 unspecified atom stereocenters. The predicted molar refractivity (Wildman–Crippen MR) is 301 cm³/mol. The molecule has 3 nitrogen and oxygen atoms in total. The van der Waals surface area contributed by atoms with Gasteiger partial charge in [-0.25, -0.2) is 0 Å². The van der Waals surface area contributed by atoms with E-state index in [0.717, 1.165) is 22.7 Å². The van der Waals surface area contributed by atoms with Crippen LogP contribution in [0.25, 0.3) is 19.5 Å². The van der Waals surface area contributed by atoms with Gasteiger partial charge in [0.1, 0.15) is 0 Å². The Labute approximate surface area is 412 Å². The van der Waals surface area contributed by atoms with Crippen LogP contribution in [0.2, 0.25) is 0 Å². The highest BCUT2D eigenvalue weighted by Gasteiger charge is 2.47. The second-order valence-electron chi connectivity index (χ2n) is 23.2. The summed E-state index contributed by atoms with van der Waals surface area (Å²) < 4.78 is 4.14. The standard InChI is InChI=1S/C62H62BN3S2/c1-59(2,3)39-23-28-45(29-24-39)65-50-38-47(64(43-19-15-13-16-20-43)44-21-17-14-18-22-44)32-33-49(50)63-55-51(65)36-42(62(10,11)12)37-52(55)66(46-30-25-40(26-31-46)60(4,5)6)56-54-48-35-41(61(7,8)9)27-34-53(48)67-58(54)68-57(56)63/h13-38H,1-12H3. The molecule has 9 aromatic rings. The van der Waals surface area contributed by atoms with E-state index in [1.807, 2.05) is 22.7 Å². The number of rotatable bonds is 5. The fourth-order valence-electron chi connectivity index (χ4n) is 10.4. The molecule has 2 aromatic heterocycles. The van der Waals surface area contributed by atoms with Crippen molar-refractivity contribution in [2.75, 3.05) is 14.7 Å². The lowest BCUT2D eigenvalue weighted by molar-refractivity contribution is 0.590. The minimum absolute atomic E-state index is 0.00983. The molecule has 0 saturated heterocycles. The summed E-state index contributed by atoms with van der Waals surface area (Å²) in [7, 11) is 0. The van der Waals surface area contributed by atoms with Crippen molar-refractivity contribution in [2.45, 2.75) is 105 Å². The van der Waals surface area contributed by atoms with E-state index in [4.69, 9.17) is 0 Å². The normalized spacial score (nSPS) is 13.8. The van der Waals surface area contributed by atoms with Crippen LogP contribution in [-0.4, -0.2) is 6.71 Å². The first-order chi connectivity index (χ1) is 32.3. The van der Waals surface area contributed by atoms with E-state index in [1.165, 1.54) is 85.9 Å². The van der Waals surface area contributed by atoms with Crippen molar-refractivity contribution in [3.8, 4) is 0 Å². The average molecular weight is 924 g/mol. The third-order valence-corrected chi connectivity index (χ3v) is 16.8. The molecule has 0 aliphatic carbocycles. The summed E-state index contributed by atoms with van der Waals surface area (Å²) in [6.45, 7) is 28.0. The molecule has 0 N–H and O–H groups in total. The molecule has 0 saturated carbocycles. The number of anilines is 9. The van der Waals surface area contributed by atoms with Gasteiger partial charge in [-0.3, -0.25) is 0 Å². The van der Waals surface area contributed by atoms with Gasteiger partial charge < -0.3 is 14.7 Å². The van der Waals surface area contributed by atoms with Gasteiger partial charge in [-0.1, -0.05) is 156 Å². The Morgan fingerprint density at radius 3 is 1.46 bits per heavy atom. The zero-order valence-corrected chi connectivity index (χ0v) is 43.4. The van der Waals surface area contributed by atoms with Crippen molar-refractivity contribution < 1.29 is 0 Å². The van der Waals surface area contributed by atoms with Gasteiger partial charge in [0.25, 0.3) is 6.71 Å². The van der Waals surface area contributed by atoms with E-state index in [1.54, 1.807) is 0 Å². The number of para-hydroxylation sites is 2. The Kier molecular flexibility index (Phi) is 10.3. The van der Waals surface area contributed by atoms with Crippen molar-refractivity contribution in [2.24, 2.45) is 0 Å². The molecule has 6 heteroatoms. The van der Waals surface area contributed by atoms with Crippen LogP contribution in [0.1, 0.15) is 105 Å². The monoisotopic (exact) mass is 923 g/mol. The van der Waals surface area contributed by atoms with Gasteiger partial charge in [-0.2, -0.15) is 0 Å². The minimum atomic E-state index is -0.134. The number of fused-ring (bicyclic) bond motifs is 8. The van der Waals surface area contributed by atoms with Gasteiger partial charge in [0.15, 0.2) is 0 Å². The fourth-order valence-corrected chi connectivity index (χ4v) is 13.2.